The van der Waals surface area contributed by atoms with Gasteiger partial charge in [-0.15, -0.1) is 0 Å². The quantitative estimate of drug-likeness (QED) is 0.365. The molecule has 0 spiro atoms. The molecule has 3 atom stereocenters. The molecule has 0 radical (unpaired) electrons. The number of alkyl halides is 1. The van der Waals surface area contributed by atoms with Crippen LogP contribution in [0, 0.1) is 10.1 Å². The minimum absolute atomic E-state index is 0.0511. The van der Waals surface area contributed by atoms with E-state index in [1.807, 2.05) is 0 Å². The first-order valence-corrected chi connectivity index (χ1v) is 10.1. The van der Waals surface area contributed by atoms with Gasteiger partial charge in [0.05, 0.1) is 0 Å². The number of para-hydroxylation sites is 1. The Bertz CT molecular complexity index is 1000. The van der Waals surface area contributed by atoms with E-state index < -0.39 is 23.4 Å². The molecule has 1 N–H and O–H groups in total. The monoisotopic (exact) mass is 439 g/mol. The van der Waals surface area contributed by atoms with Crippen LogP contribution in [-0.4, -0.2) is 56.8 Å². The first-order valence-electron chi connectivity index (χ1n) is 8.07. The van der Waals surface area contributed by atoms with Crippen LogP contribution in [0.4, 0.5) is 10.1 Å². The Kier molecular flexibility index (Phi) is 4.73. The van der Waals surface area contributed by atoms with Crippen LogP contribution in [0.25, 0.3) is 11.2 Å². The molecular weight excluding hydrogens is 424 g/mol. The molecule has 1 aliphatic heterocycles. The molecule has 0 bridgehead atoms. The third kappa shape index (κ3) is 3.36. The van der Waals surface area contributed by atoms with E-state index in [1.165, 1.54) is 18.7 Å². The zero-order valence-electron chi connectivity index (χ0n) is 13.8. The summed E-state index contributed by atoms with van der Waals surface area (Å²) in [5, 5.41) is 21.2. The number of benzene rings is 1. The molecule has 0 amide bonds. The molecule has 1 saturated heterocycles. The Hall–Kier alpha value is -2.62. The van der Waals surface area contributed by atoms with Crippen LogP contribution >= 0.6 is 0 Å². The topological polar surface area (TPSA) is 116 Å². The summed E-state index contributed by atoms with van der Waals surface area (Å²) in [4.78, 5) is 22.5. The number of fused-ring (bicyclic) bond motifs is 1. The maximum absolute atomic E-state index is 14.5. The summed E-state index contributed by atoms with van der Waals surface area (Å²) >= 11 is -0.301. The molecule has 3 heterocycles. The second-order valence-electron chi connectivity index (χ2n) is 5.94. The molecule has 1 fully saturated rings. The fourth-order valence-corrected chi connectivity index (χ4v) is 5.26. The van der Waals surface area contributed by atoms with Crippen molar-refractivity contribution in [2.75, 3.05) is 0 Å². The normalized spacial score (nSPS) is 22.3. The van der Waals surface area contributed by atoms with Crippen molar-refractivity contribution in [3.8, 4) is 5.88 Å². The van der Waals surface area contributed by atoms with Crippen LogP contribution in [0.15, 0.2) is 36.9 Å². The Morgan fingerprint density at radius 2 is 2.19 bits per heavy atom. The van der Waals surface area contributed by atoms with E-state index in [0.29, 0.717) is 15.4 Å². The summed E-state index contributed by atoms with van der Waals surface area (Å²) in [5.41, 5.74) is 0.642. The number of nitro benzene ring substituents is 1. The van der Waals surface area contributed by atoms with Gasteiger partial charge in [0, 0.05) is 0 Å². The first-order chi connectivity index (χ1) is 13.0. The van der Waals surface area contributed by atoms with E-state index in [9.17, 15) is 19.6 Å². The molecule has 1 aromatic carbocycles. The van der Waals surface area contributed by atoms with Gasteiger partial charge >= 0.3 is 158 Å². The van der Waals surface area contributed by atoms with E-state index in [0.717, 1.165) is 0 Å². The van der Waals surface area contributed by atoms with Gasteiger partial charge in [-0.25, -0.2) is 0 Å². The van der Waals surface area contributed by atoms with Crippen LogP contribution in [-0.2, 0) is 4.74 Å². The Morgan fingerprint density at radius 3 is 3.00 bits per heavy atom. The SMILES string of the molecule is O=[N+]([O-])c1ccccc1[Se]C[C@H]1O[C@@H](n2cnc3c(O)ncnc32)C[C@@H]1F. The number of nitrogens with zero attached hydrogens (tertiary/aromatic N) is 5. The van der Waals surface area contributed by atoms with Crippen molar-refractivity contribution in [2.45, 2.75) is 30.2 Å². The van der Waals surface area contributed by atoms with Gasteiger partial charge in [-0.1, -0.05) is 0 Å². The molecule has 2 aromatic heterocycles. The van der Waals surface area contributed by atoms with Gasteiger partial charge in [0.25, 0.3) is 0 Å². The number of aromatic nitrogens is 4. The Balaban J connectivity index is 1.49. The van der Waals surface area contributed by atoms with Crippen molar-refractivity contribution in [3.05, 3.63) is 47.0 Å². The molecule has 9 nitrogen and oxygen atoms in total. The number of rotatable bonds is 5. The molecule has 27 heavy (non-hydrogen) atoms. The van der Waals surface area contributed by atoms with Gasteiger partial charge in [0.2, 0.25) is 0 Å². The fraction of sp³-hybridized carbons (Fsp3) is 0.312. The fourth-order valence-electron chi connectivity index (χ4n) is 2.96. The first kappa shape index (κ1) is 17.8. The van der Waals surface area contributed by atoms with Crippen molar-refractivity contribution in [1.29, 1.82) is 0 Å². The third-order valence-corrected chi connectivity index (χ3v) is 6.69. The number of hydrogen-bond donors (Lipinski definition) is 1. The summed E-state index contributed by atoms with van der Waals surface area (Å²) in [6.45, 7) is 0. The number of hydrogen-bond acceptors (Lipinski definition) is 7. The maximum atomic E-state index is 14.5. The van der Waals surface area contributed by atoms with Gasteiger partial charge in [0.15, 0.2) is 0 Å². The molecule has 3 aromatic rings. The van der Waals surface area contributed by atoms with E-state index in [4.69, 9.17) is 4.74 Å². The van der Waals surface area contributed by atoms with Crippen LogP contribution in [0.2, 0.25) is 5.32 Å². The van der Waals surface area contributed by atoms with E-state index in [2.05, 4.69) is 15.0 Å². The van der Waals surface area contributed by atoms with E-state index in [1.54, 1.807) is 22.8 Å². The summed E-state index contributed by atoms with van der Waals surface area (Å²) < 4.78 is 22.5. The second kappa shape index (κ2) is 7.18. The molecule has 0 saturated carbocycles. The van der Waals surface area contributed by atoms with Crippen LogP contribution in [0.3, 0.4) is 0 Å². The predicted molar refractivity (Wildman–Crippen MR) is 93.7 cm³/mol. The summed E-state index contributed by atoms with van der Waals surface area (Å²) in [5.74, 6) is -0.246. The minimum atomic E-state index is -1.20. The summed E-state index contributed by atoms with van der Waals surface area (Å²) in [6, 6.07) is 6.49. The molecule has 11 heteroatoms. The molecule has 140 valence electrons. The van der Waals surface area contributed by atoms with Gasteiger partial charge < -0.3 is 0 Å². The average Bonchev–Trinajstić information content (AvgIpc) is 3.24. The van der Waals surface area contributed by atoms with Crippen LogP contribution in [0.5, 0.6) is 5.88 Å². The van der Waals surface area contributed by atoms with Crippen LogP contribution < -0.4 is 4.46 Å². The Morgan fingerprint density at radius 1 is 1.37 bits per heavy atom. The van der Waals surface area contributed by atoms with E-state index >= 15 is 0 Å². The molecule has 0 aliphatic carbocycles. The Labute approximate surface area is 158 Å². The van der Waals surface area contributed by atoms with Gasteiger partial charge in [-0.3, -0.25) is 0 Å². The average molecular weight is 438 g/mol. The molecule has 1 aliphatic rings. The second-order valence-corrected chi connectivity index (χ2v) is 8.17. The van der Waals surface area contributed by atoms with Gasteiger partial charge in [0.1, 0.15) is 0 Å². The molecular formula is C16H14FN5O4Se. The number of nitro groups is 1. The number of imidazole rings is 1. The number of halogens is 1. The van der Waals surface area contributed by atoms with Gasteiger partial charge in [-0.05, 0) is 0 Å². The number of aromatic hydroxyl groups is 1. The number of ether oxygens (including phenoxy) is 1. The zero-order chi connectivity index (χ0) is 19.0. The van der Waals surface area contributed by atoms with Crippen LogP contribution in [0.1, 0.15) is 12.6 Å². The summed E-state index contributed by atoms with van der Waals surface area (Å²) in [7, 11) is 0. The van der Waals surface area contributed by atoms with Crippen molar-refractivity contribution in [3.63, 3.8) is 0 Å². The third-order valence-electron chi connectivity index (χ3n) is 4.28. The van der Waals surface area contributed by atoms with E-state index in [-0.39, 0.29) is 38.5 Å². The standard InChI is InChI=1S/C16H14FN5O4Se/c17-9-5-13(21-8-20-14-15(21)18-7-19-16(14)23)26-11(9)6-27-12-4-2-1-3-10(12)22(24)25/h1-4,7-9,11,13H,5-6H2,(H,18,19,23)/t9-,11+,13+/m0/s1. The molecule has 0 unspecified atom stereocenters. The molecule has 4 rings (SSSR count). The van der Waals surface area contributed by atoms with Crippen molar-refractivity contribution < 1.29 is 19.2 Å². The summed E-state index contributed by atoms with van der Waals surface area (Å²) in [6.07, 6.45) is 0.285. The van der Waals surface area contributed by atoms with Crippen molar-refractivity contribution >= 4 is 36.3 Å². The van der Waals surface area contributed by atoms with Crippen molar-refractivity contribution in [2.24, 2.45) is 0 Å². The van der Waals surface area contributed by atoms with Crippen molar-refractivity contribution in [1.82, 2.24) is 19.5 Å². The zero-order valence-corrected chi connectivity index (χ0v) is 15.5. The predicted octanol–water partition coefficient (Wildman–Crippen LogP) is 1.51. The van der Waals surface area contributed by atoms with Gasteiger partial charge in [-0.2, -0.15) is 0 Å².